The Labute approximate surface area is 73.5 Å². The molecule has 51 valence electrons. The van der Waals surface area contributed by atoms with Gasteiger partial charge in [-0.05, 0) is 0 Å². The van der Waals surface area contributed by atoms with E-state index in [1.165, 1.54) is 0 Å². The molecule has 0 amide bonds. The van der Waals surface area contributed by atoms with E-state index in [4.69, 9.17) is 0 Å². The van der Waals surface area contributed by atoms with Crippen molar-refractivity contribution in [2.75, 3.05) is 0 Å². The van der Waals surface area contributed by atoms with E-state index in [-0.39, 0.29) is 74.3 Å². The van der Waals surface area contributed by atoms with Gasteiger partial charge < -0.3 is 27.4 Å². The van der Waals surface area contributed by atoms with Gasteiger partial charge in [-0.2, -0.15) is 0 Å². The molecule has 7 N–H and O–H groups in total. The molecule has 6 heteroatoms. The van der Waals surface area contributed by atoms with Crippen LogP contribution in [0.15, 0.2) is 0 Å². The van der Waals surface area contributed by atoms with Gasteiger partial charge in [0.2, 0.25) is 0 Å². The first-order chi connectivity index (χ1) is 0. The van der Waals surface area contributed by atoms with Crippen LogP contribution in [0, 0.1) is 46.9 Å². The quantitative estimate of drug-likeness (QED) is 0.454. The Morgan fingerprint density at radius 2 is 0.667 bits per heavy atom. The van der Waals surface area contributed by atoms with Crippen molar-refractivity contribution in [3.05, 3.63) is 0 Å². The molecular weight excluding hydrogens is 253 g/mol. The first-order valence-electron chi connectivity index (χ1n) is 0. The molecule has 6 heavy (non-hydrogen) atoms. The molecule has 0 fully saturated rings. The first kappa shape index (κ1) is 168. The van der Waals surface area contributed by atoms with Crippen LogP contribution in [0.25, 0.3) is 0 Å². The topological polar surface area (TPSA) is 153 Å². The van der Waals surface area contributed by atoms with E-state index >= 15 is 0 Å². The molecule has 0 saturated carbocycles. The van der Waals surface area contributed by atoms with Crippen molar-refractivity contribution < 1.29 is 74.3 Å². The van der Waals surface area contributed by atoms with E-state index in [2.05, 4.69) is 0 Å². The summed E-state index contributed by atoms with van der Waals surface area (Å²) in [5.74, 6) is 0. The molecule has 0 aromatic heterocycles. The van der Waals surface area contributed by atoms with Crippen molar-refractivity contribution in [3.63, 3.8) is 0 Å². The van der Waals surface area contributed by atoms with Gasteiger partial charge in [-0.3, -0.25) is 0 Å². The maximum absolute atomic E-state index is 0. The van der Waals surface area contributed by atoms with Crippen molar-refractivity contribution >= 4 is 0 Å². The van der Waals surface area contributed by atoms with E-state index in [1.807, 2.05) is 0 Å². The Hall–Kier alpha value is 1.32. The second-order valence-corrected chi connectivity index (χ2v) is 0. The molecule has 0 saturated heterocycles. The Morgan fingerprint density at radius 3 is 0.667 bits per heavy atom. The summed E-state index contributed by atoms with van der Waals surface area (Å²) in [6.45, 7) is 0. The fraction of sp³-hybridized carbons (Fsp3) is 0. The van der Waals surface area contributed by atoms with Crippen molar-refractivity contribution in [1.82, 2.24) is 0 Å². The zero-order valence-corrected chi connectivity index (χ0v) is 4.34. The van der Waals surface area contributed by atoms with Gasteiger partial charge in [-0.15, -0.1) is 0 Å². The van der Waals surface area contributed by atoms with E-state index in [0.29, 0.717) is 0 Å². The minimum Gasteiger partial charge on any atom is -2.00 e. The van der Waals surface area contributed by atoms with Gasteiger partial charge in [0.1, 0.15) is 0 Å². The standard InChI is InChI=1S/4H2O.O.Yb/h4*1H2;;/q;;;;-2;+3/p-1. The van der Waals surface area contributed by atoms with E-state index < -0.39 is 0 Å². The molecule has 0 aliphatic rings. The molecule has 0 aromatic carbocycles. The fourth-order valence-electron chi connectivity index (χ4n) is 0. The van der Waals surface area contributed by atoms with E-state index in [0.717, 1.165) is 0 Å². The predicted octanol–water partition coefficient (Wildman–Crippen LogP) is -2.77. The summed E-state index contributed by atoms with van der Waals surface area (Å²) in [6, 6.07) is 0. The summed E-state index contributed by atoms with van der Waals surface area (Å²) in [4.78, 5) is 0. The Morgan fingerprint density at radius 1 is 0.667 bits per heavy atom. The normalized spacial score (nSPS) is 0. The minimum atomic E-state index is 0. The second kappa shape index (κ2) is 103. The van der Waals surface area contributed by atoms with Crippen LogP contribution in [0.1, 0.15) is 0 Å². The monoisotopic (exact) mass is 261 g/mol. The number of hydrogen-bond donors (Lipinski definition) is 0. The van der Waals surface area contributed by atoms with Crippen LogP contribution in [0.2, 0.25) is 0 Å². The predicted molar refractivity (Wildman–Crippen MR) is 13.5 cm³/mol. The van der Waals surface area contributed by atoms with Crippen LogP contribution < -0.4 is 0 Å². The van der Waals surface area contributed by atoms with Crippen LogP contribution >= 0.6 is 0 Å². The van der Waals surface area contributed by atoms with Gasteiger partial charge in [0, 0.05) is 0 Å². The van der Waals surface area contributed by atoms with E-state index in [1.54, 1.807) is 0 Å². The van der Waals surface area contributed by atoms with Gasteiger partial charge in [-0.1, -0.05) is 0 Å². The summed E-state index contributed by atoms with van der Waals surface area (Å²) < 4.78 is 0. The van der Waals surface area contributed by atoms with Crippen LogP contribution in [0.4, 0.5) is 0 Å². The molecule has 0 aromatic rings. The molecule has 0 unspecified atom stereocenters. The van der Waals surface area contributed by atoms with Crippen LogP contribution in [0.5, 0.6) is 0 Å². The van der Waals surface area contributed by atoms with Crippen LogP contribution in [-0.2, 0) is 5.48 Å². The van der Waals surface area contributed by atoms with Gasteiger partial charge in [0.25, 0.3) is 0 Å². The summed E-state index contributed by atoms with van der Waals surface area (Å²) in [7, 11) is 0. The second-order valence-electron chi connectivity index (χ2n) is 0. The third-order valence-corrected chi connectivity index (χ3v) is 0. The smallest absolute Gasteiger partial charge is 2.00 e. The van der Waals surface area contributed by atoms with Crippen LogP contribution in [-0.4, -0.2) is 21.9 Å². The maximum atomic E-state index is 0. The third kappa shape index (κ3) is 57.0. The Balaban J connectivity index is 0. The molecule has 0 aliphatic heterocycles. The minimum absolute atomic E-state index is 0. The zero-order chi connectivity index (χ0) is 0. The third-order valence-electron chi connectivity index (χ3n) is 0. The molecule has 0 atom stereocenters. The fourth-order valence-corrected chi connectivity index (χ4v) is 0. The van der Waals surface area contributed by atoms with E-state index in [9.17, 15) is 0 Å². The maximum Gasteiger partial charge on any atom is 3.00 e. The molecule has 0 bridgehead atoms. The van der Waals surface area contributed by atoms with Crippen molar-refractivity contribution in [2.45, 2.75) is 0 Å². The van der Waals surface area contributed by atoms with Gasteiger partial charge in [0.05, 0.1) is 0 Å². The molecule has 0 spiro atoms. The summed E-state index contributed by atoms with van der Waals surface area (Å²) in [6.07, 6.45) is 0. The number of rotatable bonds is 0. The Bertz CT molecular complexity index is 3.90. The summed E-state index contributed by atoms with van der Waals surface area (Å²) in [5.41, 5.74) is 0. The average molecular weight is 260 g/mol. The molecule has 1 radical (unpaired) electrons. The molecule has 0 heterocycles. The molecule has 0 rings (SSSR count). The largest absolute Gasteiger partial charge is 3.00 e. The summed E-state index contributed by atoms with van der Waals surface area (Å²) >= 11 is 0. The zero-order valence-electron chi connectivity index (χ0n) is 2.62. The molecule has 5 nitrogen and oxygen atoms in total. The van der Waals surface area contributed by atoms with Crippen LogP contribution in [0.3, 0.4) is 0 Å². The van der Waals surface area contributed by atoms with Gasteiger partial charge >= 0.3 is 46.9 Å². The number of hydrogen-bond acceptors (Lipinski definition) is 1. The van der Waals surface area contributed by atoms with Gasteiger partial charge in [-0.25, -0.2) is 0 Å². The van der Waals surface area contributed by atoms with Gasteiger partial charge in [0.15, 0.2) is 0 Å². The van der Waals surface area contributed by atoms with Crippen molar-refractivity contribution in [3.8, 4) is 0 Å². The molecule has 0 aliphatic carbocycles. The SMILES string of the molecule is O.O.O.[O-2].[OH-].[Yb+3]. The molecular formula is H7O5Yb. The Kier molecular flexibility index (Phi) is 2870. The van der Waals surface area contributed by atoms with Crippen molar-refractivity contribution in [2.24, 2.45) is 0 Å². The first-order valence-corrected chi connectivity index (χ1v) is 0. The van der Waals surface area contributed by atoms with Crippen molar-refractivity contribution in [1.29, 1.82) is 0 Å². The summed E-state index contributed by atoms with van der Waals surface area (Å²) in [5, 5.41) is 0. The average Bonchev–Trinajstić information content (AvgIpc) is 0.